The Hall–Kier alpha value is -3.68. The van der Waals surface area contributed by atoms with Gasteiger partial charge < -0.3 is 19.1 Å². The third-order valence-electron chi connectivity index (χ3n) is 7.22. The van der Waals surface area contributed by atoms with Crippen LogP contribution in [0.5, 0.6) is 5.75 Å². The summed E-state index contributed by atoms with van der Waals surface area (Å²) in [6, 6.07) is 13.5. The van der Waals surface area contributed by atoms with Crippen LogP contribution in [0.1, 0.15) is 42.2 Å². The maximum absolute atomic E-state index is 13.2. The number of amides is 2. The molecule has 2 aliphatic heterocycles. The van der Waals surface area contributed by atoms with Crippen LogP contribution < -0.4 is 9.64 Å². The van der Waals surface area contributed by atoms with Gasteiger partial charge in [0.05, 0.1) is 13.0 Å². The van der Waals surface area contributed by atoms with Gasteiger partial charge in [-0.3, -0.25) is 9.59 Å². The van der Waals surface area contributed by atoms with E-state index in [4.69, 9.17) is 9.26 Å². The predicted molar refractivity (Wildman–Crippen MR) is 131 cm³/mol. The molecule has 2 saturated heterocycles. The Labute approximate surface area is 204 Å². The maximum Gasteiger partial charge on any atom is 0.230 e. The lowest BCUT2D eigenvalue weighted by molar-refractivity contribution is -0.136. The summed E-state index contributed by atoms with van der Waals surface area (Å²) in [4.78, 5) is 34.1. The molecular weight excluding hydrogens is 444 g/mol. The summed E-state index contributed by atoms with van der Waals surface area (Å²) >= 11 is 0. The summed E-state index contributed by atoms with van der Waals surface area (Å²) in [5, 5.41) is 4.14. The number of methoxy groups -OCH3 is 1. The van der Waals surface area contributed by atoms with Gasteiger partial charge in [0.25, 0.3) is 0 Å². The minimum Gasteiger partial charge on any atom is -0.497 e. The van der Waals surface area contributed by atoms with Crippen molar-refractivity contribution in [2.45, 2.75) is 39.0 Å². The highest BCUT2D eigenvalue weighted by Crippen LogP contribution is 2.32. The summed E-state index contributed by atoms with van der Waals surface area (Å²) in [6.07, 6.45) is 1.79. The van der Waals surface area contributed by atoms with E-state index < -0.39 is 0 Å². The number of nitrogens with zero attached hydrogens (tertiary/aromatic N) is 4. The molecule has 35 heavy (non-hydrogen) atoms. The third kappa shape index (κ3) is 4.65. The zero-order valence-corrected chi connectivity index (χ0v) is 20.4. The molecule has 2 aliphatic rings. The number of carbonyl (C=O) groups is 2. The number of anilines is 1. The van der Waals surface area contributed by atoms with Gasteiger partial charge in [0, 0.05) is 43.2 Å². The second-order valence-corrected chi connectivity index (χ2v) is 9.46. The number of hydrogen-bond acceptors (Lipinski definition) is 6. The molecule has 0 aliphatic carbocycles. The summed E-state index contributed by atoms with van der Waals surface area (Å²) in [5.41, 5.74) is 4.07. The predicted octanol–water partition coefficient (Wildman–Crippen LogP) is 4.12. The third-order valence-corrected chi connectivity index (χ3v) is 7.22. The highest BCUT2D eigenvalue weighted by molar-refractivity contribution is 6.00. The van der Waals surface area contributed by atoms with Crippen molar-refractivity contribution in [3.63, 3.8) is 0 Å². The van der Waals surface area contributed by atoms with Crippen LogP contribution >= 0.6 is 0 Å². The second-order valence-electron chi connectivity index (χ2n) is 9.46. The fourth-order valence-corrected chi connectivity index (χ4v) is 4.88. The average Bonchev–Trinajstić information content (AvgIpc) is 3.53. The van der Waals surface area contributed by atoms with Gasteiger partial charge in [-0.15, -0.1) is 0 Å². The van der Waals surface area contributed by atoms with Crippen LogP contribution in [0.15, 0.2) is 47.0 Å². The molecule has 3 heterocycles. The minimum atomic E-state index is -0.300. The van der Waals surface area contributed by atoms with Crippen molar-refractivity contribution in [2.75, 3.05) is 31.6 Å². The topological polar surface area (TPSA) is 88.8 Å². The molecular formula is C27H30N4O4. The molecule has 5 rings (SSSR count). The van der Waals surface area contributed by atoms with Gasteiger partial charge in [0.2, 0.25) is 23.5 Å². The zero-order chi connectivity index (χ0) is 24.5. The van der Waals surface area contributed by atoms with E-state index in [0.29, 0.717) is 31.3 Å². The van der Waals surface area contributed by atoms with Crippen LogP contribution in [0.25, 0.3) is 11.4 Å². The van der Waals surface area contributed by atoms with E-state index in [-0.39, 0.29) is 30.1 Å². The molecule has 0 bridgehead atoms. The number of carbonyl (C=O) groups excluding carboxylic acids is 2. The minimum absolute atomic E-state index is 0.0124. The first-order valence-corrected chi connectivity index (χ1v) is 12.1. The van der Waals surface area contributed by atoms with E-state index in [9.17, 15) is 9.59 Å². The number of aromatic nitrogens is 2. The van der Waals surface area contributed by atoms with Crippen LogP contribution in [0.4, 0.5) is 5.69 Å². The molecule has 2 fully saturated rings. The summed E-state index contributed by atoms with van der Waals surface area (Å²) in [5.74, 6) is 1.83. The van der Waals surface area contributed by atoms with Crippen molar-refractivity contribution in [1.29, 1.82) is 0 Å². The van der Waals surface area contributed by atoms with Crippen molar-refractivity contribution in [2.24, 2.45) is 5.92 Å². The van der Waals surface area contributed by atoms with Gasteiger partial charge in [-0.05, 0) is 74.2 Å². The van der Waals surface area contributed by atoms with E-state index in [1.165, 1.54) is 5.56 Å². The Bertz CT molecular complexity index is 1230. The number of hydrogen-bond donors (Lipinski definition) is 0. The van der Waals surface area contributed by atoms with E-state index in [1.54, 1.807) is 12.0 Å². The highest BCUT2D eigenvalue weighted by atomic mass is 16.5. The maximum atomic E-state index is 13.2. The largest absolute Gasteiger partial charge is 0.497 e. The fraction of sp³-hybridized carbons (Fsp3) is 0.407. The van der Waals surface area contributed by atoms with Crippen LogP contribution in [-0.2, 0) is 9.59 Å². The van der Waals surface area contributed by atoms with E-state index in [1.807, 2.05) is 54.3 Å². The Morgan fingerprint density at radius 3 is 2.49 bits per heavy atom. The fourth-order valence-electron chi connectivity index (χ4n) is 4.88. The standard InChI is InChI=1S/C27H30N4O4/c1-17-4-7-22(14-18(17)2)31-16-21(15-24(31)32)27(33)30-12-10-20(11-13-30)26-28-25(29-35-26)19-5-8-23(34-3)9-6-19/h4-9,14,20-21H,10-13,15-16H2,1-3H3/t21-/m0/s1. The van der Waals surface area contributed by atoms with Crippen LogP contribution in [0.3, 0.4) is 0 Å². The first-order valence-electron chi connectivity index (χ1n) is 12.1. The molecule has 0 saturated carbocycles. The Morgan fingerprint density at radius 2 is 1.80 bits per heavy atom. The molecule has 0 N–H and O–H groups in total. The average molecular weight is 475 g/mol. The number of rotatable bonds is 5. The number of ether oxygens (including phenoxy) is 1. The lowest BCUT2D eigenvalue weighted by atomic mass is 9.95. The molecule has 8 heteroatoms. The molecule has 3 aromatic rings. The Balaban J connectivity index is 1.18. The van der Waals surface area contributed by atoms with Crippen LogP contribution in [0.2, 0.25) is 0 Å². The highest BCUT2D eigenvalue weighted by Gasteiger charge is 2.38. The molecule has 2 amide bonds. The molecule has 2 aromatic carbocycles. The molecule has 1 aromatic heterocycles. The van der Waals surface area contributed by atoms with Gasteiger partial charge in [0.1, 0.15) is 5.75 Å². The summed E-state index contributed by atoms with van der Waals surface area (Å²) in [7, 11) is 1.63. The number of likely N-dealkylation sites (tertiary alicyclic amines) is 1. The molecule has 0 spiro atoms. The van der Waals surface area contributed by atoms with Crippen LogP contribution in [0, 0.1) is 19.8 Å². The van der Waals surface area contributed by atoms with E-state index in [2.05, 4.69) is 17.1 Å². The Morgan fingerprint density at radius 1 is 1.06 bits per heavy atom. The first-order chi connectivity index (χ1) is 16.9. The van der Waals surface area contributed by atoms with Crippen molar-refractivity contribution < 1.29 is 18.8 Å². The van der Waals surface area contributed by atoms with Gasteiger partial charge in [-0.25, -0.2) is 0 Å². The Kier molecular flexibility index (Phi) is 6.28. The lowest BCUT2D eigenvalue weighted by Crippen LogP contribution is -2.42. The summed E-state index contributed by atoms with van der Waals surface area (Å²) in [6.45, 7) is 5.77. The number of aryl methyl sites for hydroxylation is 2. The monoisotopic (exact) mass is 474 g/mol. The van der Waals surface area contributed by atoms with Gasteiger partial charge in [-0.1, -0.05) is 11.2 Å². The molecule has 8 nitrogen and oxygen atoms in total. The zero-order valence-electron chi connectivity index (χ0n) is 20.4. The van der Waals surface area contributed by atoms with Gasteiger partial charge in [-0.2, -0.15) is 4.98 Å². The molecule has 182 valence electrons. The van der Waals surface area contributed by atoms with Crippen molar-refractivity contribution in [1.82, 2.24) is 15.0 Å². The number of benzene rings is 2. The number of piperidine rings is 1. The van der Waals surface area contributed by atoms with Crippen molar-refractivity contribution in [3.8, 4) is 17.1 Å². The SMILES string of the molecule is COc1ccc(-c2noc(C3CCN(C(=O)[C@H]4CC(=O)N(c5ccc(C)c(C)c5)C4)CC3)n2)cc1. The van der Waals surface area contributed by atoms with Gasteiger partial charge >= 0.3 is 0 Å². The van der Waals surface area contributed by atoms with Crippen molar-refractivity contribution in [3.05, 3.63) is 59.5 Å². The molecule has 0 radical (unpaired) electrons. The molecule has 0 unspecified atom stereocenters. The first kappa shape index (κ1) is 23.1. The summed E-state index contributed by atoms with van der Waals surface area (Å²) < 4.78 is 10.8. The smallest absolute Gasteiger partial charge is 0.230 e. The quantitative estimate of drug-likeness (QED) is 0.553. The molecule has 1 atom stereocenters. The van der Waals surface area contributed by atoms with Gasteiger partial charge in [0.15, 0.2) is 0 Å². The van der Waals surface area contributed by atoms with Crippen molar-refractivity contribution >= 4 is 17.5 Å². The van der Waals surface area contributed by atoms with Crippen LogP contribution in [-0.4, -0.2) is 53.6 Å². The van der Waals surface area contributed by atoms with E-state index >= 15 is 0 Å². The second kappa shape index (κ2) is 9.52. The van der Waals surface area contributed by atoms with E-state index in [0.717, 1.165) is 35.4 Å². The normalized spacial score (nSPS) is 18.8. The lowest BCUT2D eigenvalue weighted by Gasteiger charge is -2.32.